The fraction of sp³-hybridized carbons (Fsp3) is 0.647. The first kappa shape index (κ1) is 13.9. The third kappa shape index (κ3) is 2.83. The van der Waals surface area contributed by atoms with Gasteiger partial charge in [-0.3, -0.25) is 0 Å². The maximum atomic E-state index is 14.3. The summed E-state index contributed by atoms with van der Waals surface area (Å²) in [7, 11) is 0. The average molecular weight is 276 g/mol. The van der Waals surface area contributed by atoms with Crippen molar-refractivity contribution in [2.75, 3.05) is 24.5 Å². The largest absolute Gasteiger partial charge is 0.369 e. The van der Waals surface area contributed by atoms with E-state index in [1.54, 1.807) is 6.07 Å². The normalized spacial score (nSPS) is 25.2. The van der Waals surface area contributed by atoms with Crippen molar-refractivity contribution < 1.29 is 4.39 Å². The van der Waals surface area contributed by atoms with Crippen LogP contribution in [0.5, 0.6) is 0 Å². The number of nitrogens with one attached hydrogen (secondary N) is 1. The van der Waals surface area contributed by atoms with Crippen molar-refractivity contribution in [1.82, 2.24) is 5.32 Å². The molecule has 2 unspecified atom stereocenters. The summed E-state index contributed by atoms with van der Waals surface area (Å²) in [6.07, 6.45) is 5.15. The highest BCUT2D eigenvalue weighted by molar-refractivity contribution is 5.50. The highest BCUT2D eigenvalue weighted by atomic mass is 19.1. The van der Waals surface area contributed by atoms with Gasteiger partial charge in [0.2, 0.25) is 0 Å². The van der Waals surface area contributed by atoms with E-state index in [-0.39, 0.29) is 5.82 Å². The van der Waals surface area contributed by atoms with E-state index in [1.165, 1.54) is 19.3 Å². The van der Waals surface area contributed by atoms with Crippen LogP contribution in [0.2, 0.25) is 0 Å². The van der Waals surface area contributed by atoms with E-state index in [9.17, 15) is 4.39 Å². The standard InChI is InChI=1S/C17H25FN2/c1-2-8-19-10-13-6-7-17(16(18)9-13)20-11-14-4-3-5-15(14)12-20/h6-7,9,14-15,19H,2-5,8,10-12H2,1H3. The highest BCUT2D eigenvalue weighted by Crippen LogP contribution is 2.40. The van der Waals surface area contributed by atoms with Crippen molar-refractivity contribution >= 4 is 5.69 Å². The molecule has 1 saturated heterocycles. The number of fused-ring (bicyclic) bond motifs is 1. The fourth-order valence-corrected chi connectivity index (χ4v) is 3.76. The van der Waals surface area contributed by atoms with E-state index >= 15 is 0 Å². The molecule has 2 aliphatic rings. The van der Waals surface area contributed by atoms with Crippen LogP contribution in [-0.2, 0) is 6.54 Å². The molecule has 0 amide bonds. The summed E-state index contributed by atoms with van der Waals surface area (Å²) in [5.41, 5.74) is 1.85. The Kier molecular flexibility index (Phi) is 4.25. The minimum atomic E-state index is -0.0548. The lowest BCUT2D eigenvalue weighted by Gasteiger charge is -2.20. The predicted octanol–water partition coefficient (Wildman–Crippen LogP) is 3.56. The van der Waals surface area contributed by atoms with Crippen LogP contribution in [-0.4, -0.2) is 19.6 Å². The molecule has 2 fully saturated rings. The first-order valence-corrected chi connectivity index (χ1v) is 8.02. The number of hydrogen-bond acceptors (Lipinski definition) is 2. The van der Waals surface area contributed by atoms with E-state index in [0.29, 0.717) is 0 Å². The predicted molar refractivity (Wildman–Crippen MR) is 81.4 cm³/mol. The number of anilines is 1. The van der Waals surface area contributed by atoms with E-state index < -0.39 is 0 Å². The number of hydrogen-bond donors (Lipinski definition) is 1. The molecular weight excluding hydrogens is 251 g/mol. The van der Waals surface area contributed by atoms with Crippen molar-refractivity contribution in [3.05, 3.63) is 29.6 Å². The molecule has 0 spiro atoms. The van der Waals surface area contributed by atoms with Gasteiger partial charge >= 0.3 is 0 Å². The minimum absolute atomic E-state index is 0.0548. The van der Waals surface area contributed by atoms with E-state index in [4.69, 9.17) is 0 Å². The van der Waals surface area contributed by atoms with Crippen molar-refractivity contribution in [1.29, 1.82) is 0 Å². The quantitative estimate of drug-likeness (QED) is 0.827. The Morgan fingerprint density at radius 2 is 2.00 bits per heavy atom. The summed E-state index contributed by atoms with van der Waals surface area (Å²) in [4.78, 5) is 2.26. The maximum absolute atomic E-state index is 14.3. The van der Waals surface area contributed by atoms with Gasteiger partial charge in [0.1, 0.15) is 5.82 Å². The topological polar surface area (TPSA) is 15.3 Å². The molecular formula is C17H25FN2. The van der Waals surface area contributed by atoms with Crippen LogP contribution in [0.4, 0.5) is 10.1 Å². The summed E-state index contributed by atoms with van der Waals surface area (Å²) >= 11 is 0. The Morgan fingerprint density at radius 1 is 1.25 bits per heavy atom. The van der Waals surface area contributed by atoms with Gasteiger partial charge in [0.05, 0.1) is 5.69 Å². The first-order valence-electron chi connectivity index (χ1n) is 8.02. The number of benzene rings is 1. The molecule has 2 atom stereocenters. The van der Waals surface area contributed by atoms with Gasteiger partial charge in [0, 0.05) is 19.6 Å². The summed E-state index contributed by atoms with van der Waals surface area (Å²) in [6.45, 7) is 5.99. The lowest BCUT2D eigenvalue weighted by molar-refractivity contribution is 0.494. The van der Waals surface area contributed by atoms with Gasteiger partial charge in [-0.15, -0.1) is 0 Å². The van der Waals surface area contributed by atoms with Crippen LogP contribution >= 0.6 is 0 Å². The molecule has 0 bridgehead atoms. The van der Waals surface area contributed by atoms with E-state index in [0.717, 1.165) is 55.7 Å². The highest BCUT2D eigenvalue weighted by Gasteiger charge is 2.36. The molecule has 3 heteroatoms. The molecule has 1 aromatic carbocycles. The second-order valence-corrected chi connectivity index (χ2v) is 6.32. The van der Waals surface area contributed by atoms with Crippen molar-refractivity contribution in [3.8, 4) is 0 Å². The van der Waals surface area contributed by atoms with Gasteiger partial charge in [0.25, 0.3) is 0 Å². The summed E-state index contributed by atoms with van der Waals surface area (Å²) in [5, 5.41) is 3.32. The molecule has 1 aliphatic heterocycles. The fourth-order valence-electron chi connectivity index (χ4n) is 3.76. The molecule has 110 valence electrons. The first-order chi connectivity index (χ1) is 9.78. The van der Waals surface area contributed by atoms with Crippen LogP contribution < -0.4 is 10.2 Å². The summed E-state index contributed by atoms with van der Waals surface area (Å²) in [5.74, 6) is 1.56. The van der Waals surface area contributed by atoms with Gasteiger partial charge in [-0.05, 0) is 55.3 Å². The number of nitrogens with zero attached hydrogens (tertiary/aromatic N) is 1. The Labute approximate surface area is 121 Å². The van der Waals surface area contributed by atoms with Crippen molar-refractivity contribution in [2.24, 2.45) is 11.8 Å². The smallest absolute Gasteiger partial charge is 0.146 e. The second kappa shape index (κ2) is 6.13. The summed E-state index contributed by atoms with van der Waals surface area (Å²) < 4.78 is 14.3. The molecule has 1 aliphatic carbocycles. The van der Waals surface area contributed by atoms with Crippen LogP contribution in [0.1, 0.15) is 38.2 Å². The third-order valence-electron chi connectivity index (χ3n) is 4.83. The number of rotatable bonds is 5. The van der Waals surface area contributed by atoms with Crippen LogP contribution in [0.15, 0.2) is 18.2 Å². The monoisotopic (exact) mass is 276 g/mol. The lowest BCUT2D eigenvalue weighted by atomic mass is 10.0. The average Bonchev–Trinajstić information content (AvgIpc) is 3.00. The zero-order chi connectivity index (χ0) is 13.9. The molecule has 0 radical (unpaired) electrons. The van der Waals surface area contributed by atoms with Crippen LogP contribution in [0.3, 0.4) is 0 Å². The van der Waals surface area contributed by atoms with Gasteiger partial charge in [-0.25, -0.2) is 4.39 Å². The molecule has 1 aromatic rings. The molecule has 0 aromatic heterocycles. The second-order valence-electron chi connectivity index (χ2n) is 6.32. The van der Waals surface area contributed by atoms with Crippen LogP contribution in [0.25, 0.3) is 0 Å². The maximum Gasteiger partial charge on any atom is 0.146 e. The molecule has 3 rings (SSSR count). The zero-order valence-electron chi connectivity index (χ0n) is 12.4. The molecule has 20 heavy (non-hydrogen) atoms. The van der Waals surface area contributed by atoms with Crippen LogP contribution in [0, 0.1) is 17.7 Å². The molecule has 1 N–H and O–H groups in total. The molecule has 2 nitrogen and oxygen atoms in total. The van der Waals surface area contributed by atoms with Gasteiger partial charge in [-0.1, -0.05) is 19.4 Å². The van der Waals surface area contributed by atoms with Gasteiger partial charge in [0.15, 0.2) is 0 Å². The van der Waals surface area contributed by atoms with E-state index in [1.807, 2.05) is 6.07 Å². The van der Waals surface area contributed by atoms with Gasteiger partial charge in [-0.2, -0.15) is 0 Å². The Balaban J connectivity index is 1.65. The summed E-state index contributed by atoms with van der Waals surface area (Å²) in [6, 6.07) is 5.74. The Hall–Kier alpha value is -1.09. The third-order valence-corrected chi connectivity index (χ3v) is 4.83. The van der Waals surface area contributed by atoms with Gasteiger partial charge < -0.3 is 10.2 Å². The number of halogens is 1. The molecule has 1 saturated carbocycles. The SMILES string of the molecule is CCCNCc1ccc(N2CC3CCCC3C2)c(F)c1. The Bertz CT molecular complexity index is 448. The zero-order valence-corrected chi connectivity index (χ0v) is 12.4. The Morgan fingerprint density at radius 3 is 2.65 bits per heavy atom. The lowest BCUT2D eigenvalue weighted by Crippen LogP contribution is -2.22. The van der Waals surface area contributed by atoms with Crippen molar-refractivity contribution in [2.45, 2.75) is 39.2 Å². The minimum Gasteiger partial charge on any atom is -0.369 e. The van der Waals surface area contributed by atoms with E-state index in [2.05, 4.69) is 23.2 Å². The molecule has 1 heterocycles. The van der Waals surface area contributed by atoms with Crippen molar-refractivity contribution in [3.63, 3.8) is 0 Å².